The van der Waals surface area contributed by atoms with Crippen LogP contribution in [0.1, 0.15) is 25.3 Å². The van der Waals surface area contributed by atoms with Crippen molar-refractivity contribution in [2.45, 2.75) is 26.7 Å². The van der Waals surface area contributed by atoms with E-state index in [4.69, 9.17) is 29.3 Å². The van der Waals surface area contributed by atoms with E-state index in [0.29, 0.717) is 13.2 Å². The van der Waals surface area contributed by atoms with Gasteiger partial charge in [-0.1, -0.05) is 13.0 Å². The molecule has 2 rings (SSSR count). The lowest BCUT2D eigenvalue weighted by Crippen LogP contribution is -2.35. The summed E-state index contributed by atoms with van der Waals surface area (Å²) in [7, 11) is 0. The van der Waals surface area contributed by atoms with Crippen LogP contribution in [0.15, 0.2) is 18.2 Å². The summed E-state index contributed by atoms with van der Waals surface area (Å²) >= 11 is 2.31. The fourth-order valence-electron chi connectivity index (χ4n) is 2.51. The summed E-state index contributed by atoms with van der Waals surface area (Å²) in [5.74, 6) is -1.80. The molecule has 1 aromatic rings. The summed E-state index contributed by atoms with van der Waals surface area (Å²) in [6, 6.07) is 6.25. The van der Waals surface area contributed by atoms with E-state index in [1.165, 1.54) is 31.5 Å². The largest absolute Gasteiger partial charge is 0.490 e. The fourth-order valence-corrected chi connectivity index (χ4v) is 3.34. The van der Waals surface area contributed by atoms with E-state index in [1.807, 2.05) is 6.07 Å². The maximum Gasteiger partial charge on any atom is 0.414 e. The second kappa shape index (κ2) is 12.9. The summed E-state index contributed by atoms with van der Waals surface area (Å²) in [5, 5.41) is 14.8. The molecule has 152 valence electrons. The van der Waals surface area contributed by atoms with Gasteiger partial charge in [-0.25, -0.2) is 9.59 Å². The van der Waals surface area contributed by atoms with Crippen LogP contribution in [0.4, 0.5) is 0 Å². The Hall–Kier alpha value is -1.39. The fraction of sp³-hybridized carbons (Fsp3) is 0.579. The number of carboxylic acids is 2. The molecule has 8 heteroatoms. The van der Waals surface area contributed by atoms with Gasteiger partial charge in [0.25, 0.3) is 0 Å². The highest BCUT2D eigenvalue weighted by Gasteiger charge is 2.14. The van der Waals surface area contributed by atoms with Gasteiger partial charge in [0.2, 0.25) is 0 Å². The first-order valence-corrected chi connectivity index (χ1v) is 10.0. The molecule has 0 atom stereocenters. The molecule has 7 nitrogen and oxygen atoms in total. The van der Waals surface area contributed by atoms with Crippen molar-refractivity contribution in [2.24, 2.45) is 5.92 Å². The van der Waals surface area contributed by atoms with Gasteiger partial charge in [0.1, 0.15) is 12.4 Å². The Kier molecular flexibility index (Phi) is 11.3. The number of benzene rings is 1. The van der Waals surface area contributed by atoms with Gasteiger partial charge in [0, 0.05) is 6.54 Å². The lowest BCUT2D eigenvalue weighted by molar-refractivity contribution is -0.159. The van der Waals surface area contributed by atoms with Crippen LogP contribution in [0.25, 0.3) is 0 Å². The summed E-state index contributed by atoms with van der Waals surface area (Å²) in [4.78, 5) is 20.7. The van der Waals surface area contributed by atoms with Crippen LogP contribution in [0, 0.1) is 16.4 Å². The quantitative estimate of drug-likeness (QED) is 0.343. The maximum absolute atomic E-state index is 9.10. The molecule has 0 unspecified atom stereocenters. The Morgan fingerprint density at radius 2 is 1.78 bits per heavy atom. The predicted octanol–water partition coefficient (Wildman–Crippen LogP) is 2.88. The highest BCUT2D eigenvalue weighted by molar-refractivity contribution is 14.1. The Bertz CT molecular complexity index is 590. The number of nitrogens with zero attached hydrogens (tertiary/aromatic N) is 1. The van der Waals surface area contributed by atoms with Gasteiger partial charge in [-0.2, -0.15) is 0 Å². The standard InChI is InChI=1S/C17H26INO2.C2H2O4/c1-14-5-7-19(8-6-14)9-10-20-11-12-21-17-4-3-15(2)13-16(17)18;3-1(4)2(5)6/h3-4,13-14H,5-12H2,1-2H3;(H,3,4)(H,5,6). The highest BCUT2D eigenvalue weighted by Crippen LogP contribution is 2.21. The van der Waals surface area contributed by atoms with Gasteiger partial charge in [0.15, 0.2) is 0 Å². The van der Waals surface area contributed by atoms with Gasteiger partial charge < -0.3 is 24.6 Å². The molecule has 2 N–H and O–H groups in total. The normalized spacial score (nSPS) is 14.9. The zero-order chi connectivity index (χ0) is 20.2. The van der Waals surface area contributed by atoms with Crippen LogP contribution in [0.2, 0.25) is 0 Å². The second-order valence-corrected chi connectivity index (χ2v) is 7.69. The van der Waals surface area contributed by atoms with E-state index in [9.17, 15) is 0 Å². The average molecular weight is 493 g/mol. The van der Waals surface area contributed by atoms with Crippen molar-refractivity contribution >= 4 is 34.5 Å². The summed E-state index contributed by atoms with van der Waals surface area (Å²) in [6.07, 6.45) is 2.66. The minimum atomic E-state index is -1.82. The van der Waals surface area contributed by atoms with Crippen LogP contribution < -0.4 is 4.74 Å². The molecule has 1 fully saturated rings. The molecule has 1 heterocycles. The maximum atomic E-state index is 9.10. The van der Waals surface area contributed by atoms with Crippen molar-refractivity contribution < 1.29 is 29.3 Å². The predicted molar refractivity (Wildman–Crippen MR) is 110 cm³/mol. The first-order valence-electron chi connectivity index (χ1n) is 8.95. The molecule has 1 aliphatic heterocycles. The molecule has 0 spiro atoms. The number of aryl methyl sites for hydroxylation is 1. The Morgan fingerprint density at radius 3 is 2.33 bits per heavy atom. The number of likely N-dealkylation sites (tertiary alicyclic amines) is 1. The summed E-state index contributed by atoms with van der Waals surface area (Å²) in [6.45, 7) is 10.0. The molecule has 0 saturated carbocycles. The molecule has 1 aliphatic rings. The molecular weight excluding hydrogens is 465 g/mol. The van der Waals surface area contributed by atoms with Gasteiger partial charge >= 0.3 is 11.9 Å². The van der Waals surface area contributed by atoms with Crippen LogP contribution in [0.3, 0.4) is 0 Å². The van der Waals surface area contributed by atoms with Crippen molar-refractivity contribution in [3.8, 4) is 5.75 Å². The monoisotopic (exact) mass is 493 g/mol. The van der Waals surface area contributed by atoms with E-state index >= 15 is 0 Å². The number of ether oxygens (including phenoxy) is 2. The number of rotatable bonds is 7. The van der Waals surface area contributed by atoms with Gasteiger partial charge in [-0.05, 0) is 79.1 Å². The highest BCUT2D eigenvalue weighted by atomic mass is 127. The van der Waals surface area contributed by atoms with Gasteiger partial charge in [0.05, 0.1) is 16.8 Å². The van der Waals surface area contributed by atoms with Gasteiger partial charge in [-0.15, -0.1) is 0 Å². The number of piperidine rings is 1. The molecule has 1 aromatic carbocycles. The van der Waals surface area contributed by atoms with Crippen molar-refractivity contribution in [3.05, 3.63) is 27.3 Å². The number of hydrogen-bond donors (Lipinski definition) is 2. The van der Waals surface area contributed by atoms with Crippen LogP contribution in [-0.2, 0) is 14.3 Å². The molecule has 0 aliphatic carbocycles. The van der Waals surface area contributed by atoms with E-state index in [-0.39, 0.29) is 0 Å². The number of hydrogen-bond acceptors (Lipinski definition) is 5. The Morgan fingerprint density at radius 1 is 1.15 bits per heavy atom. The summed E-state index contributed by atoms with van der Waals surface area (Å²) in [5.41, 5.74) is 1.26. The lowest BCUT2D eigenvalue weighted by atomic mass is 9.99. The van der Waals surface area contributed by atoms with E-state index in [0.717, 1.165) is 28.4 Å². The Balaban J connectivity index is 0.000000527. The number of carboxylic acid groups (broad SMARTS) is 2. The van der Waals surface area contributed by atoms with Gasteiger partial charge in [-0.3, -0.25) is 0 Å². The molecule has 27 heavy (non-hydrogen) atoms. The smallest absolute Gasteiger partial charge is 0.414 e. The molecule has 0 aromatic heterocycles. The second-order valence-electron chi connectivity index (χ2n) is 6.53. The zero-order valence-corrected chi connectivity index (χ0v) is 18.0. The molecule has 0 radical (unpaired) electrons. The minimum Gasteiger partial charge on any atom is -0.490 e. The van der Waals surface area contributed by atoms with E-state index in [1.54, 1.807) is 0 Å². The molecule has 0 bridgehead atoms. The molecular formula is C19H28INO6. The van der Waals surface area contributed by atoms with Crippen molar-refractivity contribution in [3.63, 3.8) is 0 Å². The minimum absolute atomic E-state index is 0.621. The number of halogens is 1. The third-order valence-corrected chi connectivity index (χ3v) is 5.03. The first-order chi connectivity index (χ1) is 12.8. The number of aliphatic carboxylic acids is 2. The zero-order valence-electron chi connectivity index (χ0n) is 15.8. The average Bonchev–Trinajstić information content (AvgIpc) is 2.61. The van der Waals surface area contributed by atoms with Crippen molar-refractivity contribution in [1.82, 2.24) is 4.90 Å². The van der Waals surface area contributed by atoms with Crippen molar-refractivity contribution in [1.29, 1.82) is 0 Å². The summed E-state index contributed by atoms with van der Waals surface area (Å²) < 4.78 is 12.6. The molecule has 0 amide bonds. The SMILES string of the molecule is Cc1ccc(OCCOCCN2CCC(C)CC2)c(I)c1.O=C(O)C(=O)O. The number of carbonyl (C=O) groups is 2. The Labute approximate surface area is 173 Å². The van der Waals surface area contributed by atoms with Crippen LogP contribution in [0.5, 0.6) is 5.75 Å². The van der Waals surface area contributed by atoms with Crippen LogP contribution >= 0.6 is 22.6 Å². The third kappa shape index (κ3) is 10.5. The van der Waals surface area contributed by atoms with Crippen molar-refractivity contribution in [2.75, 3.05) is 39.5 Å². The van der Waals surface area contributed by atoms with E-state index in [2.05, 4.69) is 53.5 Å². The topological polar surface area (TPSA) is 96.3 Å². The first kappa shape index (κ1) is 23.6. The third-order valence-electron chi connectivity index (χ3n) is 4.18. The van der Waals surface area contributed by atoms with Crippen LogP contribution in [-0.4, -0.2) is 66.5 Å². The lowest BCUT2D eigenvalue weighted by Gasteiger charge is -2.29. The van der Waals surface area contributed by atoms with E-state index < -0.39 is 11.9 Å². The molecule has 1 saturated heterocycles.